The van der Waals surface area contributed by atoms with Crippen molar-refractivity contribution in [2.45, 2.75) is 25.8 Å². The normalized spacial score (nSPS) is 20.5. The number of carbonyl (C=O) groups excluding carboxylic acids is 1. The van der Waals surface area contributed by atoms with E-state index >= 15 is 0 Å². The van der Waals surface area contributed by atoms with E-state index in [1.54, 1.807) is 7.05 Å². The quantitative estimate of drug-likeness (QED) is 0.217. The molecule has 18 heavy (non-hydrogen) atoms. The van der Waals surface area contributed by atoms with Gasteiger partial charge in [0.1, 0.15) is 0 Å². The van der Waals surface area contributed by atoms with Crippen LogP contribution >= 0.6 is 0 Å². The third kappa shape index (κ3) is 4.50. The van der Waals surface area contributed by atoms with Crippen LogP contribution in [0, 0.1) is 5.92 Å². The first-order valence-corrected chi connectivity index (χ1v) is 6.47. The topological polar surface area (TPSA) is 56.5 Å². The molecule has 1 heterocycles. The molecular weight excluding hydrogens is 235 g/mol. The molecule has 0 bridgehead atoms. The Hall–Kier alpha value is -1.33. The highest BCUT2D eigenvalue weighted by molar-refractivity contribution is 5.82. The number of rotatable bonds is 8. The Morgan fingerprint density at radius 3 is 2.94 bits per heavy atom. The van der Waals surface area contributed by atoms with E-state index in [4.69, 9.17) is 0 Å². The van der Waals surface area contributed by atoms with Crippen molar-refractivity contribution in [2.75, 3.05) is 33.4 Å². The van der Waals surface area contributed by atoms with Crippen molar-refractivity contribution in [3.05, 3.63) is 0 Å². The minimum atomic E-state index is -0.387. The number of hydrogen-bond acceptors (Lipinski definition) is 2. The zero-order valence-corrected chi connectivity index (χ0v) is 11.2. The molecule has 2 unspecified atom stereocenters. The summed E-state index contributed by atoms with van der Waals surface area (Å²) >= 11 is 0. The summed E-state index contributed by atoms with van der Waals surface area (Å²) in [5.41, 5.74) is 0. The lowest BCUT2D eigenvalue weighted by molar-refractivity contribution is -0.109. The molecule has 104 valence electrons. The zero-order chi connectivity index (χ0) is 13.4. The fraction of sp³-hybridized carbons (Fsp3) is 0.833. The predicted octanol–water partition coefficient (Wildman–Crippen LogP) is 0.378. The number of aliphatic imine (C=N–C) groups is 1. The van der Waals surface area contributed by atoms with Gasteiger partial charge in [0.2, 0.25) is 6.41 Å². The third-order valence-corrected chi connectivity index (χ3v) is 3.22. The second-order valence-corrected chi connectivity index (χ2v) is 4.52. The summed E-state index contributed by atoms with van der Waals surface area (Å²) in [5.74, 6) is 0.762. The Bertz CT molecular complexity index is 285. The molecule has 0 radical (unpaired) electrons. The SMILES string of the molecule is CCC1CN1C(=NC)NCC(CF)CCNC=O. The van der Waals surface area contributed by atoms with Crippen molar-refractivity contribution in [1.82, 2.24) is 15.5 Å². The van der Waals surface area contributed by atoms with Crippen molar-refractivity contribution >= 4 is 12.4 Å². The first-order chi connectivity index (χ1) is 8.76. The summed E-state index contributed by atoms with van der Waals surface area (Å²) in [6.07, 6.45) is 2.39. The Labute approximate surface area is 108 Å². The Morgan fingerprint density at radius 2 is 2.44 bits per heavy atom. The highest BCUT2D eigenvalue weighted by atomic mass is 19.1. The smallest absolute Gasteiger partial charge is 0.207 e. The number of guanidine groups is 1. The van der Waals surface area contributed by atoms with Gasteiger partial charge in [0.15, 0.2) is 5.96 Å². The molecule has 0 aromatic heterocycles. The molecule has 2 N–H and O–H groups in total. The van der Waals surface area contributed by atoms with E-state index in [0.29, 0.717) is 32.0 Å². The van der Waals surface area contributed by atoms with Crippen LogP contribution in [0.2, 0.25) is 0 Å². The molecule has 0 aromatic carbocycles. The van der Waals surface area contributed by atoms with Crippen LogP contribution in [0.5, 0.6) is 0 Å². The van der Waals surface area contributed by atoms with Crippen LogP contribution < -0.4 is 10.6 Å². The largest absolute Gasteiger partial charge is 0.359 e. The monoisotopic (exact) mass is 258 g/mol. The van der Waals surface area contributed by atoms with Gasteiger partial charge in [-0.05, 0) is 12.8 Å². The highest BCUT2D eigenvalue weighted by Crippen LogP contribution is 2.20. The molecule has 5 nitrogen and oxygen atoms in total. The van der Waals surface area contributed by atoms with Crippen molar-refractivity contribution < 1.29 is 9.18 Å². The van der Waals surface area contributed by atoms with Crippen LogP contribution in [0.4, 0.5) is 4.39 Å². The summed E-state index contributed by atoms with van der Waals surface area (Å²) in [6, 6.07) is 0.580. The molecule has 1 fully saturated rings. The summed E-state index contributed by atoms with van der Waals surface area (Å²) in [4.78, 5) is 16.5. The Kier molecular flexibility index (Phi) is 6.46. The number of nitrogens with one attached hydrogen (secondary N) is 2. The first kappa shape index (κ1) is 14.7. The van der Waals surface area contributed by atoms with Crippen molar-refractivity contribution in [3.8, 4) is 0 Å². The summed E-state index contributed by atoms with van der Waals surface area (Å²) in [7, 11) is 1.74. The van der Waals surface area contributed by atoms with E-state index in [9.17, 15) is 9.18 Å². The van der Waals surface area contributed by atoms with Gasteiger partial charge in [0.25, 0.3) is 0 Å². The fourth-order valence-electron chi connectivity index (χ4n) is 1.91. The number of alkyl halides is 1. The van der Waals surface area contributed by atoms with E-state index in [-0.39, 0.29) is 12.6 Å². The van der Waals surface area contributed by atoms with Gasteiger partial charge in [-0.3, -0.25) is 14.2 Å². The molecule has 0 spiro atoms. The van der Waals surface area contributed by atoms with Gasteiger partial charge in [-0.2, -0.15) is 0 Å². The second-order valence-electron chi connectivity index (χ2n) is 4.52. The lowest BCUT2D eigenvalue weighted by Gasteiger charge is -2.17. The van der Waals surface area contributed by atoms with Crippen LogP contribution in [0.25, 0.3) is 0 Å². The van der Waals surface area contributed by atoms with Crippen LogP contribution in [-0.2, 0) is 4.79 Å². The Balaban J connectivity index is 2.26. The highest BCUT2D eigenvalue weighted by Gasteiger charge is 2.34. The molecule has 0 aliphatic carbocycles. The average Bonchev–Trinajstić information content (AvgIpc) is 3.17. The maximum absolute atomic E-state index is 12.8. The summed E-state index contributed by atoms with van der Waals surface area (Å²) in [6.45, 7) is 3.86. The maximum Gasteiger partial charge on any atom is 0.207 e. The van der Waals surface area contributed by atoms with Crippen LogP contribution in [0.15, 0.2) is 4.99 Å². The van der Waals surface area contributed by atoms with Crippen molar-refractivity contribution in [1.29, 1.82) is 0 Å². The number of nitrogens with zero attached hydrogens (tertiary/aromatic N) is 2. The Morgan fingerprint density at radius 1 is 1.67 bits per heavy atom. The standard InChI is InChI=1S/C12H23FN4O/c1-3-11-8-17(11)12(14-2)16-7-10(6-13)4-5-15-9-18/h9-11H,3-8H2,1-2H3,(H,14,16)(H,15,18). The van der Waals surface area contributed by atoms with Gasteiger partial charge in [0, 0.05) is 38.6 Å². The van der Waals surface area contributed by atoms with Gasteiger partial charge >= 0.3 is 0 Å². The zero-order valence-electron chi connectivity index (χ0n) is 11.2. The van der Waals surface area contributed by atoms with Gasteiger partial charge in [0.05, 0.1) is 6.67 Å². The lowest BCUT2D eigenvalue weighted by Crippen LogP contribution is -2.36. The van der Waals surface area contributed by atoms with Gasteiger partial charge in [-0.25, -0.2) is 0 Å². The summed E-state index contributed by atoms with van der Waals surface area (Å²) in [5, 5.41) is 5.74. The molecule has 1 rings (SSSR count). The van der Waals surface area contributed by atoms with Gasteiger partial charge in [-0.1, -0.05) is 6.92 Å². The van der Waals surface area contributed by atoms with Crippen molar-refractivity contribution in [2.24, 2.45) is 10.9 Å². The van der Waals surface area contributed by atoms with E-state index in [2.05, 4.69) is 27.4 Å². The average molecular weight is 258 g/mol. The van der Waals surface area contributed by atoms with Crippen LogP contribution in [0.1, 0.15) is 19.8 Å². The fourth-order valence-corrected chi connectivity index (χ4v) is 1.91. The van der Waals surface area contributed by atoms with E-state index in [0.717, 1.165) is 18.9 Å². The summed E-state index contributed by atoms with van der Waals surface area (Å²) < 4.78 is 12.8. The van der Waals surface area contributed by atoms with Gasteiger partial charge in [-0.15, -0.1) is 0 Å². The van der Waals surface area contributed by atoms with Crippen LogP contribution in [-0.4, -0.2) is 56.7 Å². The minimum absolute atomic E-state index is 0.0887. The molecule has 1 aliphatic heterocycles. The third-order valence-electron chi connectivity index (χ3n) is 3.22. The molecule has 6 heteroatoms. The van der Waals surface area contributed by atoms with E-state index in [1.165, 1.54) is 0 Å². The van der Waals surface area contributed by atoms with Gasteiger partial charge < -0.3 is 15.5 Å². The minimum Gasteiger partial charge on any atom is -0.359 e. The maximum atomic E-state index is 12.8. The lowest BCUT2D eigenvalue weighted by atomic mass is 10.1. The number of amides is 1. The number of carbonyl (C=O) groups is 1. The molecule has 1 amide bonds. The molecule has 0 saturated carbocycles. The van der Waals surface area contributed by atoms with Crippen molar-refractivity contribution in [3.63, 3.8) is 0 Å². The van der Waals surface area contributed by atoms with E-state index in [1.807, 2.05) is 0 Å². The predicted molar refractivity (Wildman–Crippen MR) is 70.3 cm³/mol. The first-order valence-electron chi connectivity index (χ1n) is 6.47. The molecule has 0 aromatic rings. The number of hydrogen-bond donors (Lipinski definition) is 2. The number of halogens is 1. The molecule has 1 aliphatic rings. The molecular formula is C12H23FN4O. The van der Waals surface area contributed by atoms with Crippen LogP contribution in [0.3, 0.4) is 0 Å². The second kappa shape index (κ2) is 7.89. The van der Waals surface area contributed by atoms with E-state index < -0.39 is 0 Å². The molecule has 2 atom stereocenters. The molecule has 1 saturated heterocycles.